The fourth-order valence-electron chi connectivity index (χ4n) is 3.32. The second kappa shape index (κ2) is 6.98. The average molecular weight is 347 g/mol. The standard InChI is InChI=1S/C19H23ClN2O2/c1-12(2)13-8-10-15(11-9-13)22-18(23)16(20)17(19(22)24)21-14-6-4-3-5-7-14/h8-12,14,21H,3-7H2,1-2H3. The van der Waals surface area contributed by atoms with E-state index < -0.39 is 5.91 Å². The molecule has 128 valence electrons. The summed E-state index contributed by atoms with van der Waals surface area (Å²) < 4.78 is 0. The van der Waals surface area contributed by atoms with Crippen molar-refractivity contribution in [3.8, 4) is 0 Å². The van der Waals surface area contributed by atoms with Gasteiger partial charge in [0.1, 0.15) is 10.7 Å². The van der Waals surface area contributed by atoms with Gasteiger partial charge < -0.3 is 5.32 Å². The highest BCUT2D eigenvalue weighted by atomic mass is 35.5. The van der Waals surface area contributed by atoms with Gasteiger partial charge in [-0.2, -0.15) is 0 Å². The van der Waals surface area contributed by atoms with Crippen LogP contribution in [0.2, 0.25) is 0 Å². The second-order valence-electron chi connectivity index (χ2n) is 6.86. The number of hydrogen-bond acceptors (Lipinski definition) is 3. The lowest BCUT2D eigenvalue weighted by Crippen LogP contribution is -2.37. The van der Waals surface area contributed by atoms with E-state index in [0.29, 0.717) is 11.6 Å². The molecule has 2 aliphatic rings. The Morgan fingerprint density at radius 3 is 2.25 bits per heavy atom. The Balaban J connectivity index is 1.79. The summed E-state index contributed by atoms with van der Waals surface area (Å²) in [4.78, 5) is 26.3. The molecule has 0 spiro atoms. The van der Waals surface area contributed by atoms with E-state index in [0.717, 1.165) is 36.1 Å². The van der Waals surface area contributed by atoms with Crippen molar-refractivity contribution in [3.05, 3.63) is 40.6 Å². The number of imide groups is 1. The van der Waals surface area contributed by atoms with Crippen molar-refractivity contribution in [2.45, 2.75) is 57.9 Å². The van der Waals surface area contributed by atoms with Crippen molar-refractivity contribution >= 4 is 29.1 Å². The zero-order valence-corrected chi connectivity index (χ0v) is 14.9. The zero-order chi connectivity index (χ0) is 17.3. The number of halogens is 1. The molecular formula is C19H23ClN2O2. The van der Waals surface area contributed by atoms with Crippen LogP contribution in [0.1, 0.15) is 57.4 Å². The van der Waals surface area contributed by atoms with Gasteiger partial charge in [-0.25, -0.2) is 4.90 Å². The molecule has 1 heterocycles. The first kappa shape index (κ1) is 17.0. The minimum Gasteiger partial charge on any atom is -0.376 e. The number of carbonyl (C=O) groups is 2. The molecule has 1 aliphatic carbocycles. The molecule has 5 heteroatoms. The number of nitrogens with zero attached hydrogens (tertiary/aromatic N) is 1. The maximum atomic E-state index is 12.7. The highest BCUT2D eigenvalue weighted by Gasteiger charge is 2.39. The van der Waals surface area contributed by atoms with Crippen LogP contribution in [0.15, 0.2) is 35.0 Å². The van der Waals surface area contributed by atoms with E-state index in [9.17, 15) is 9.59 Å². The third-order valence-corrected chi connectivity index (χ3v) is 5.15. The van der Waals surface area contributed by atoms with Crippen molar-refractivity contribution in [1.82, 2.24) is 5.32 Å². The van der Waals surface area contributed by atoms with Crippen LogP contribution in [-0.4, -0.2) is 17.9 Å². The van der Waals surface area contributed by atoms with Crippen LogP contribution in [0.3, 0.4) is 0 Å². The zero-order valence-electron chi connectivity index (χ0n) is 14.1. The molecule has 1 aromatic carbocycles. The Morgan fingerprint density at radius 2 is 1.67 bits per heavy atom. The summed E-state index contributed by atoms with van der Waals surface area (Å²) in [5.74, 6) is -0.403. The SMILES string of the molecule is CC(C)c1ccc(N2C(=O)C(Cl)=C(NC3CCCCC3)C2=O)cc1. The van der Waals surface area contributed by atoms with Gasteiger partial charge in [-0.05, 0) is 36.5 Å². The third kappa shape index (κ3) is 3.20. The van der Waals surface area contributed by atoms with Gasteiger partial charge in [0, 0.05) is 6.04 Å². The number of benzene rings is 1. The monoisotopic (exact) mass is 346 g/mol. The maximum absolute atomic E-state index is 12.7. The predicted molar refractivity (Wildman–Crippen MR) is 95.9 cm³/mol. The molecule has 0 radical (unpaired) electrons. The molecule has 1 fully saturated rings. The molecule has 3 rings (SSSR count). The van der Waals surface area contributed by atoms with Crippen LogP contribution in [0.25, 0.3) is 0 Å². The van der Waals surface area contributed by atoms with E-state index in [2.05, 4.69) is 19.2 Å². The van der Waals surface area contributed by atoms with Crippen molar-refractivity contribution in [2.75, 3.05) is 4.90 Å². The van der Waals surface area contributed by atoms with Crippen LogP contribution in [-0.2, 0) is 9.59 Å². The van der Waals surface area contributed by atoms with Crippen LogP contribution in [0, 0.1) is 0 Å². The van der Waals surface area contributed by atoms with Gasteiger partial charge in [0.05, 0.1) is 5.69 Å². The molecule has 1 saturated carbocycles. The van der Waals surface area contributed by atoms with Gasteiger partial charge in [0.25, 0.3) is 11.8 Å². The second-order valence-corrected chi connectivity index (χ2v) is 7.24. The fraction of sp³-hybridized carbons (Fsp3) is 0.474. The maximum Gasteiger partial charge on any atom is 0.283 e. The molecular weight excluding hydrogens is 324 g/mol. The molecule has 0 atom stereocenters. The van der Waals surface area contributed by atoms with Gasteiger partial charge >= 0.3 is 0 Å². The average Bonchev–Trinajstić information content (AvgIpc) is 2.79. The van der Waals surface area contributed by atoms with E-state index in [1.54, 1.807) is 12.1 Å². The summed E-state index contributed by atoms with van der Waals surface area (Å²) in [6, 6.07) is 7.72. The summed E-state index contributed by atoms with van der Waals surface area (Å²) in [7, 11) is 0. The number of amides is 2. The Bertz CT molecular complexity index is 673. The van der Waals surface area contributed by atoms with Gasteiger partial charge in [-0.3, -0.25) is 9.59 Å². The smallest absolute Gasteiger partial charge is 0.283 e. The predicted octanol–water partition coefficient (Wildman–Crippen LogP) is 4.06. The quantitative estimate of drug-likeness (QED) is 0.836. The molecule has 2 amide bonds. The summed E-state index contributed by atoms with van der Waals surface area (Å²) in [5, 5.41) is 3.21. The van der Waals surface area contributed by atoms with Gasteiger partial charge in [-0.15, -0.1) is 0 Å². The topological polar surface area (TPSA) is 49.4 Å². The van der Waals surface area contributed by atoms with Crippen LogP contribution < -0.4 is 10.2 Å². The largest absolute Gasteiger partial charge is 0.376 e. The van der Waals surface area contributed by atoms with E-state index in [4.69, 9.17) is 11.6 Å². The Hall–Kier alpha value is -1.81. The van der Waals surface area contributed by atoms with Crippen molar-refractivity contribution in [3.63, 3.8) is 0 Å². The Labute approximate surface area is 147 Å². The van der Waals surface area contributed by atoms with Crippen LogP contribution in [0.5, 0.6) is 0 Å². The van der Waals surface area contributed by atoms with E-state index in [1.807, 2.05) is 12.1 Å². The van der Waals surface area contributed by atoms with E-state index in [-0.39, 0.29) is 22.7 Å². The minimum atomic E-state index is -0.447. The third-order valence-electron chi connectivity index (χ3n) is 4.80. The summed E-state index contributed by atoms with van der Waals surface area (Å²) in [6.07, 6.45) is 5.54. The molecule has 0 unspecified atom stereocenters. The van der Waals surface area contributed by atoms with Gasteiger partial charge in [0.15, 0.2) is 0 Å². The molecule has 1 aromatic rings. The highest BCUT2D eigenvalue weighted by molar-refractivity contribution is 6.52. The lowest BCUT2D eigenvalue weighted by atomic mass is 9.95. The molecule has 1 aliphatic heterocycles. The first-order valence-electron chi connectivity index (χ1n) is 8.64. The van der Waals surface area contributed by atoms with Crippen molar-refractivity contribution in [2.24, 2.45) is 0 Å². The van der Waals surface area contributed by atoms with Gasteiger partial charge in [-0.1, -0.05) is 56.8 Å². The van der Waals surface area contributed by atoms with E-state index in [1.165, 1.54) is 6.42 Å². The lowest BCUT2D eigenvalue weighted by molar-refractivity contribution is -0.120. The number of carbonyl (C=O) groups excluding carboxylic acids is 2. The molecule has 1 N–H and O–H groups in total. The number of anilines is 1. The van der Waals surface area contributed by atoms with E-state index >= 15 is 0 Å². The van der Waals surface area contributed by atoms with Crippen LogP contribution >= 0.6 is 11.6 Å². The van der Waals surface area contributed by atoms with Crippen molar-refractivity contribution < 1.29 is 9.59 Å². The lowest BCUT2D eigenvalue weighted by Gasteiger charge is -2.24. The molecule has 4 nitrogen and oxygen atoms in total. The number of hydrogen-bond donors (Lipinski definition) is 1. The highest BCUT2D eigenvalue weighted by Crippen LogP contribution is 2.30. The summed E-state index contributed by atoms with van der Waals surface area (Å²) in [5.41, 5.74) is 1.98. The molecule has 0 bridgehead atoms. The minimum absolute atomic E-state index is 0.00138. The first-order valence-corrected chi connectivity index (χ1v) is 9.02. The molecule has 0 saturated heterocycles. The van der Waals surface area contributed by atoms with Crippen LogP contribution in [0.4, 0.5) is 5.69 Å². The normalized spacial score (nSPS) is 19.6. The summed E-state index contributed by atoms with van der Waals surface area (Å²) in [6.45, 7) is 4.21. The Morgan fingerprint density at radius 1 is 1.04 bits per heavy atom. The van der Waals surface area contributed by atoms with Gasteiger partial charge in [0.2, 0.25) is 0 Å². The molecule has 0 aromatic heterocycles. The summed E-state index contributed by atoms with van der Waals surface area (Å²) >= 11 is 6.17. The number of nitrogens with one attached hydrogen (secondary N) is 1. The number of rotatable bonds is 4. The fourth-order valence-corrected chi connectivity index (χ4v) is 3.54. The first-order chi connectivity index (χ1) is 11.5. The molecule has 24 heavy (non-hydrogen) atoms. The Kier molecular flexibility index (Phi) is 4.95. The van der Waals surface area contributed by atoms with Crippen molar-refractivity contribution in [1.29, 1.82) is 0 Å².